The Kier molecular flexibility index (Phi) is 7.95. The van der Waals surface area contributed by atoms with E-state index in [4.69, 9.17) is 9.47 Å². The monoisotopic (exact) mass is 401 g/mol. The van der Waals surface area contributed by atoms with Crippen LogP contribution in [0.25, 0.3) is 0 Å². The van der Waals surface area contributed by atoms with Gasteiger partial charge < -0.3 is 19.7 Å². The maximum absolute atomic E-state index is 12.4. The van der Waals surface area contributed by atoms with E-state index in [9.17, 15) is 18.0 Å². The number of carbonyl (C=O) groups excluding carboxylic acids is 1. The Morgan fingerprint density at radius 2 is 2.11 bits per heavy atom. The zero-order valence-corrected chi connectivity index (χ0v) is 16.1. The van der Waals surface area contributed by atoms with Gasteiger partial charge in [-0.2, -0.15) is 13.2 Å². The van der Waals surface area contributed by atoms with E-state index in [1.165, 1.54) is 6.07 Å². The molecule has 6 nitrogen and oxygen atoms in total. The number of halogens is 3. The second-order valence-electron chi connectivity index (χ2n) is 6.45. The molecule has 9 heteroatoms. The Balaban J connectivity index is 1.98. The van der Waals surface area contributed by atoms with Crippen molar-refractivity contribution in [3.8, 4) is 5.75 Å². The van der Waals surface area contributed by atoms with Gasteiger partial charge >= 0.3 is 12.1 Å². The third-order valence-electron chi connectivity index (χ3n) is 4.35. The number of ether oxygens (including phenoxy) is 2. The minimum absolute atomic E-state index is 0.172. The van der Waals surface area contributed by atoms with E-state index < -0.39 is 12.8 Å². The van der Waals surface area contributed by atoms with Crippen molar-refractivity contribution in [2.75, 3.05) is 33.4 Å². The van der Waals surface area contributed by atoms with E-state index >= 15 is 0 Å². The number of hydrogen-bond donors (Lipinski definition) is 1. The SMILES string of the molecule is CCOC(=O)C1CCCN(C(=NC)NCc2ccccc2OCC(F)(F)F)C1. The fraction of sp³-hybridized carbons (Fsp3) is 0.579. The normalized spacial score (nSPS) is 18.0. The lowest BCUT2D eigenvalue weighted by Crippen LogP contribution is -2.48. The summed E-state index contributed by atoms with van der Waals surface area (Å²) in [7, 11) is 1.63. The zero-order valence-electron chi connectivity index (χ0n) is 16.1. The van der Waals surface area contributed by atoms with Crippen molar-refractivity contribution in [2.24, 2.45) is 10.9 Å². The van der Waals surface area contributed by atoms with Crippen molar-refractivity contribution in [3.63, 3.8) is 0 Å². The summed E-state index contributed by atoms with van der Waals surface area (Å²) in [6.45, 7) is 2.26. The standard InChI is InChI=1S/C19H26F3N3O3/c1-3-27-17(26)15-8-6-10-25(12-15)18(23-2)24-11-14-7-4-5-9-16(14)28-13-19(20,21)22/h4-5,7,9,15H,3,6,8,10-13H2,1-2H3,(H,23,24). The number of benzene rings is 1. The van der Waals surface area contributed by atoms with E-state index in [1.807, 2.05) is 4.90 Å². The molecule has 28 heavy (non-hydrogen) atoms. The van der Waals surface area contributed by atoms with Gasteiger partial charge in [0.2, 0.25) is 0 Å². The summed E-state index contributed by atoms with van der Waals surface area (Å²) in [5.41, 5.74) is 0.590. The van der Waals surface area contributed by atoms with E-state index in [0.29, 0.717) is 24.7 Å². The summed E-state index contributed by atoms with van der Waals surface area (Å²) in [6, 6.07) is 6.56. The summed E-state index contributed by atoms with van der Waals surface area (Å²) in [5, 5.41) is 3.15. The molecule has 1 aromatic carbocycles. The van der Waals surface area contributed by atoms with Crippen LogP contribution >= 0.6 is 0 Å². The average Bonchev–Trinajstić information content (AvgIpc) is 2.67. The number of nitrogens with one attached hydrogen (secondary N) is 1. The molecule has 0 radical (unpaired) electrons. The van der Waals surface area contributed by atoms with E-state index in [2.05, 4.69) is 10.3 Å². The van der Waals surface area contributed by atoms with Crippen molar-refractivity contribution < 1.29 is 27.4 Å². The molecule has 0 amide bonds. The molecular weight excluding hydrogens is 375 g/mol. The highest BCUT2D eigenvalue weighted by Gasteiger charge is 2.29. The first-order chi connectivity index (χ1) is 13.3. The number of carbonyl (C=O) groups is 1. The summed E-state index contributed by atoms with van der Waals surface area (Å²) in [4.78, 5) is 18.2. The molecule has 1 aliphatic heterocycles. The number of para-hydroxylation sites is 1. The topological polar surface area (TPSA) is 63.2 Å². The highest BCUT2D eigenvalue weighted by molar-refractivity contribution is 5.81. The highest BCUT2D eigenvalue weighted by atomic mass is 19.4. The molecule has 0 aliphatic carbocycles. The highest BCUT2D eigenvalue weighted by Crippen LogP contribution is 2.22. The number of aliphatic imine (C=N–C) groups is 1. The Bertz CT molecular complexity index is 680. The zero-order chi connectivity index (χ0) is 20.6. The molecule has 0 aromatic heterocycles. The number of alkyl halides is 3. The van der Waals surface area contributed by atoms with Gasteiger partial charge in [0.1, 0.15) is 5.75 Å². The van der Waals surface area contributed by atoms with Crippen LogP contribution in [0.3, 0.4) is 0 Å². The van der Waals surface area contributed by atoms with Crippen LogP contribution in [-0.2, 0) is 16.1 Å². The summed E-state index contributed by atoms with van der Waals surface area (Å²) in [6.07, 6.45) is -2.80. The second kappa shape index (κ2) is 10.2. The van der Waals surface area contributed by atoms with Crippen LogP contribution in [0.2, 0.25) is 0 Å². The van der Waals surface area contributed by atoms with Crippen LogP contribution in [0.5, 0.6) is 5.75 Å². The largest absolute Gasteiger partial charge is 0.484 e. The number of rotatable bonds is 6. The molecule has 1 aliphatic rings. The van der Waals surface area contributed by atoms with Gasteiger partial charge in [-0.1, -0.05) is 18.2 Å². The first kappa shape index (κ1) is 21.8. The summed E-state index contributed by atoms with van der Waals surface area (Å²) in [5.74, 6) is 0.327. The van der Waals surface area contributed by atoms with Crippen LogP contribution < -0.4 is 10.1 Å². The molecular formula is C19H26F3N3O3. The van der Waals surface area contributed by atoms with Crippen molar-refractivity contribution in [1.82, 2.24) is 10.2 Å². The fourth-order valence-corrected chi connectivity index (χ4v) is 3.08. The van der Waals surface area contributed by atoms with Gasteiger partial charge in [0.15, 0.2) is 12.6 Å². The molecule has 1 unspecified atom stereocenters. The molecule has 1 N–H and O–H groups in total. The molecule has 2 rings (SSSR count). The Morgan fingerprint density at radius 1 is 1.36 bits per heavy atom. The van der Waals surface area contributed by atoms with Gasteiger partial charge in [0.05, 0.1) is 12.5 Å². The summed E-state index contributed by atoms with van der Waals surface area (Å²) >= 11 is 0. The third kappa shape index (κ3) is 6.61. The van der Waals surface area contributed by atoms with Crippen molar-refractivity contribution in [2.45, 2.75) is 32.5 Å². The predicted molar refractivity (Wildman–Crippen MR) is 99.1 cm³/mol. The fourth-order valence-electron chi connectivity index (χ4n) is 3.08. The number of nitrogens with zero attached hydrogens (tertiary/aromatic N) is 2. The van der Waals surface area contributed by atoms with Crippen molar-refractivity contribution in [1.29, 1.82) is 0 Å². The van der Waals surface area contributed by atoms with E-state index in [0.717, 1.165) is 19.4 Å². The molecule has 0 spiro atoms. The smallest absolute Gasteiger partial charge is 0.422 e. The number of hydrogen-bond acceptors (Lipinski definition) is 4. The molecule has 1 fully saturated rings. The van der Waals surface area contributed by atoms with Crippen LogP contribution in [0.1, 0.15) is 25.3 Å². The average molecular weight is 401 g/mol. The second-order valence-corrected chi connectivity index (χ2v) is 6.45. The minimum Gasteiger partial charge on any atom is -0.484 e. The molecule has 0 bridgehead atoms. The Hall–Kier alpha value is -2.45. The minimum atomic E-state index is -4.40. The number of esters is 1. The summed E-state index contributed by atoms with van der Waals surface area (Å²) < 4.78 is 47.3. The Labute approximate surface area is 162 Å². The van der Waals surface area contributed by atoms with Gasteiger partial charge in [-0.15, -0.1) is 0 Å². The number of piperidine rings is 1. The van der Waals surface area contributed by atoms with Crippen LogP contribution in [0, 0.1) is 5.92 Å². The quantitative estimate of drug-likeness (QED) is 0.451. The molecule has 0 saturated carbocycles. The lowest BCUT2D eigenvalue weighted by atomic mass is 9.98. The van der Waals surface area contributed by atoms with Gasteiger partial charge in [-0.25, -0.2) is 0 Å². The number of guanidine groups is 1. The van der Waals surface area contributed by atoms with Crippen LogP contribution in [0.4, 0.5) is 13.2 Å². The molecule has 156 valence electrons. The predicted octanol–water partition coefficient (Wildman–Crippen LogP) is 2.98. The lowest BCUT2D eigenvalue weighted by molar-refractivity contribution is -0.153. The van der Waals surface area contributed by atoms with Crippen LogP contribution in [-0.4, -0.2) is 56.4 Å². The van der Waals surface area contributed by atoms with Gasteiger partial charge in [0.25, 0.3) is 0 Å². The van der Waals surface area contributed by atoms with Crippen molar-refractivity contribution >= 4 is 11.9 Å². The first-order valence-corrected chi connectivity index (χ1v) is 9.23. The van der Waals surface area contributed by atoms with E-state index in [-0.39, 0.29) is 24.2 Å². The van der Waals surface area contributed by atoms with Gasteiger partial charge in [0, 0.05) is 32.2 Å². The molecule has 1 heterocycles. The third-order valence-corrected chi connectivity index (χ3v) is 4.35. The van der Waals surface area contributed by atoms with Gasteiger partial charge in [-0.3, -0.25) is 9.79 Å². The van der Waals surface area contributed by atoms with E-state index in [1.54, 1.807) is 32.2 Å². The Morgan fingerprint density at radius 3 is 2.79 bits per heavy atom. The molecule has 1 saturated heterocycles. The van der Waals surface area contributed by atoms with Crippen molar-refractivity contribution in [3.05, 3.63) is 29.8 Å². The molecule has 1 aromatic rings. The number of likely N-dealkylation sites (tertiary alicyclic amines) is 1. The maximum Gasteiger partial charge on any atom is 0.422 e. The van der Waals surface area contributed by atoms with Gasteiger partial charge in [-0.05, 0) is 25.8 Å². The lowest BCUT2D eigenvalue weighted by Gasteiger charge is -2.34. The van der Waals surface area contributed by atoms with Crippen LogP contribution in [0.15, 0.2) is 29.3 Å². The molecule has 1 atom stereocenters. The first-order valence-electron chi connectivity index (χ1n) is 9.23. The maximum atomic E-state index is 12.4.